The molecule has 1 saturated carbocycles. The topological polar surface area (TPSA) is 66.4 Å². The molecule has 102 valence electrons. The molecule has 1 aromatic carbocycles. The van der Waals surface area contributed by atoms with Crippen molar-refractivity contribution in [1.29, 1.82) is 0 Å². The van der Waals surface area contributed by atoms with Gasteiger partial charge >= 0.3 is 5.97 Å². The van der Waals surface area contributed by atoms with E-state index in [4.69, 9.17) is 16.7 Å². The lowest BCUT2D eigenvalue weighted by atomic mass is 10.1. The molecule has 0 heterocycles. The molecule has 0 saturated heterocycles. The minimum atomic E-state index is -0.794. The maximum Gasteiger partial charge on any atom is 0.306 e. The lowest BCUT2D eigenvalue weighted by molar-refractivity contribution is -0.141. The van der Waals surface area contributed by atoms with Gasteiger partial charge in [-0.25, -0.2) is 0 Å². The molecule has 0 spiro atoms. The Labute approximate surface area is 124 Å². The standard InChI is InChI=1S/C13H13BrClNO3/c14-8-2-4-11(15)10(6-8)12(17)16-9-3-1-7(5-9)13(18)19/h2,4,6-7,9H,1,3,5H2,(H,16,17)(H,18,19)/t7-,9+/m0/s1. The van der Waals surface area contributed by atoms with Gasteiger partial charge in [0.15, 0.2) is 0 Å². The van der Waals surface area contributed by atoms with Gasteiger partial charge in [-0.2, -0.15) is 0 Å². The van der Waals surface area contributed by atoms with Gasteiger partial charge in [0.25, 0.3) is 5.91 Å². The summed E-state index contributed by atoms with van der Waals surface area (Å²) in [7, 11) is 0. The summed E-state index contributed by atoms with van der Waals surface area (Å²) >= 11 is 9.27. The zero-order valence-electron chi connectivity index (χ0n) is 10.0. The number of rotatable bonds is 3. The fourth-order valence-corrected chi connectivity index (χ4v) is 2.84. The minimum Gasteiger partial charge on any atom is -0.481 e. The molecular weight excluding hydrogens is 334 g/mol. The molecule has 1 fully saturated rings. The molecule has 0 aliphatic heterocycles. The Morgan fingerprint density at radius 2 is 2.11 bits per heavy atom. The van der Waals surface area contributed by atoms with Crippen molar-refractivity contribution in [1.82, 2.24) is 5.32 Å². The van der Waals surface area contributed by atoms with E-state index in [-0.39, 0.29) is 17.9 Å². The van der Waals surface area contributed by atoms with Gasteiger partial charge in [0.2, 0.25) is 0 Å². The monoisotopic (exact) mass is 345 g/mol. The van der Waals surface area contributed by atoms with Crippen LogP contribution in [0.2, 0.25) is 5.02 Å². The number of carbonyl (C=O) groups is 2. The Morgan fingerprint density at radius 1 is 1.37 bits per heavy atom. The Hall–Kier alpha value is -1.07. The molecule has 2 N–H and O–H groups in total. The van der Waals surface area contributed by atoms with Crippen LogP contribution in [0.25, 0.3) is 0 Å². The molecule has 6 heteroatoms. The first-order valence-electron chi connectivity index (χ1n) is 5.96. The highest BCUT2D eigenvalue weighted by Crippen LogP contribution is 2.27. The predicted octanol–water partition coefficient (Wildman–Crippen LogP) is 3.09. The number of hydrogen-bond donors (Lipinski definition) is 2. The molecule has 0 aromatic heterocycles. The second kappa shape index (κ2) is 5.92. The highest BCUT2D eigenvalue weighted by Gasteiger charge is 2.30. The zero-order valence-corrected chi connectivity index (χ0v) is 12.4. The van der Waals surface area contributed by atoms with Crippen molar-refractivity contribution in [3.8, 4) is 0 Å². The van der Waals surface area contributed by atoms with Crippen molar-refractivity contribution in [3.05, 3.63) is 33.3 Å². The van der Waals surface area contributed by atoms with Crippen molar-refractivity contribution < 1.29 is 14.7 Å². The number of carboxylic acid groups (broad SMARTS) is 1. The van der Waals surface area contributed by atoms with Gasteiger partial charge in [0.1, 0.15) is 0 Å². The molecule has 1 aliphatic rings. The maximum absolute atomic E-state index is 12.1. The van der Waals surface area contributed by atoms with Crippen LogP contribution in [0.4, 0.5) is 0 Å². The van der Waals surface area contributed by atoms with Gasteiger partial charge < -0.3 is 10.4 Å². The molecule has 1 aliphatic carbocycles. The average molecular weight is 347 g/mol. The van der Waals surface area contributed by atoms with Crippen molar-refractivity contribution in [2.75, 3.05) is 0 Å². The van der Waals surface area contributed by atoms with E-state index < -0.39 is 5.97 Å². The summed E-state index contributed by atoms with van der Waals surface area (Å²) in [5.41, 5.74) is 0.398. The van der Waals surface area contributed by atoms with Crippen LogP contribution < -0.4 is 5.32 Å². The summed E-state index contributed by atoms with van der Waals surface area (Å²) in [5, 5.41) is 12.1. The molecule has 1 aromatic rings. The van der Waals surface area contributed by atoms with Crippen LogP contribution in [0.5, 0.6) is 0 Å². The van der Waals surface area contributed by atoms with E-state index in [1.807, 2.05) is 0 Å². The Bertz CT molecular complexity index is 521. The van der Waals surface area contributed by atoms with Crippen LogP contribution in [-0.4, -0.2) is 23.0 Å². The fraction of sp³-hybridized carbons (Fsp3) is 0.385. The highest BCUT2D eigenvalue weighted by atomic mass is 79.9. The van der Waals surface area contributed by atoms with E-state index in [1.165, 1.54) is 0 Å². The summed E-state index contributed by atoms with van der Waals surface area (Å²) in [5.74, 6) is -1.41. The number of benzene rings is 1. The van der Waals surface area contributed by atoms with E-state index in [0.29, 0.717) is 29.8 Å². The van der Waals surface area contributed by atoms with Crippen molar-refractivity contribution in [2.24, 2.45) is 5.92 Å². The third-order valence-corrected chi connectivity index (χ3v) is 4.11. The van der Waals surface area contributed by atoms with Gasteiger partial charge in [0.05, 0.1) is 16.5 Å². The lowest BCUT2D eigenvalue weighted by Gasteiger charge is -2.13. The molecule has 0 unspecified atom stereocenters. The second-order valence-electron chi connectivity index (χ2n) is 4.64. The molecule has 19 heavy (non-hydrogen) atoms. The number of aliphatic carboxylic acids is 1. The van der Waals surface area contributed by atoms with E-state index in [1.54, 1.807) is 18.2 Å². The van der Waals surface area contributed by atoms with Crippen molar-refractivity contribution >= 4 is 39.4 Å². The summed E-state index contributed by atoms with van der Waals surface area (Å²) in [6.45, 7) is 0. The average Bonchev–Trinajstić information content (AvgIpc) is 2.80. The van der Waals surface area contributed by atoms with Crippen molar-refractivity contribution in [2.45, 2.75) is 25.3 Å². The second-order valence-corrected chi connectivity index (χ2v) is 5.97. The Morgan fingerprint density at radius 3 is 2.74 bits per heavy atom. The van der Waals surface area contributed by atoms with Crippen LogP contribution in [0.15, 0.2) is 22.7 Å². The van der Waals surface area contributed by atoms with Crippen LogP contribution in [0, 0.1) is 5.92 Å². The predicted molar refractivity (Wildman–Crippen MR) is 75.4 cm³/mol. The number of hydrogen-bond acceptors (Lipinski definition) is 2. The third-order valence-electron chi connectivity index (χ3n) is 3.29. The lowest BCUT2D eigenvalue weighted by Crippen LogP contribution is -2.33. The number of halogens is 2. The Balaban J connectivity index is 2.02. The summed E-state index contributed by atoms with van der Waals surface area (Å²) in [6, 6.07) is 4.97. The van der Waals surface area contributed by atoms with E-state index in [0.717, 1.165) is 4.47 Å². The van der Waals surface area contributed by atoms with Crippen LogP contribution in [0.3, 0.4) is 0 Å². The van der Waals surface area contributed by atoms with E-state index in [2.05, 4.69) is 21.2 Å². The first-order valence-corrected chi connectivity index (χ1v) is 7.13. The maximum atomic E-state index is 12.1. The van der Waals surface area contributed by atoms with Crippen LogP contribution in [-0.2, 0) is 4.79 Å². The highest BCUT2D eigenvalue weighted by molar-refractivity contribution is 9.10. The molecule has 4 nitrogen and oxygen atoms in total. The zero-order chi connectivity index (χ0) is 14.0. The van der Waals surface area contributed by atoms with Gasteiger partial charge in [-0.3, -0.25) is 9.59 Å². The number of carbonyl (C=O) groups excluding carboxylic acids is 1. The summed E-state index contributed by atoms with van der Waals surface area (Å²) in [6.07, 6.45) is 1.77. The molecule has 2 atom stereocenters. The van der Waals surface area contributed by atoms with Crippen molar-refractivity contribution in [3.63, 3.8) is 0 Å². The molecule has 0 radical (unpaired) electrons. The third kappa shape index (κ3) is 3.48. The quantitative estimate of drug-likeness (QED) is 0.884. The van der Waals surface area contributed by atoms with E-state index in [9.17, 15) is 9.59 Å². The van der Waals surface area contributed by atoms with Gasteiger partial charge in [-0.1, -0.05) is 27.5 Å². The molecule has 1 amide bonds. The number of amides is 1. The minimum absolute atomic E-state index is 0.0938. The SMILES string of the molecule is O=C(N[C@@H]1CC[C@H](C(=O)O)C1)c1cc(Br)ccc1Cl. The largest absolute Gasteiger partial charge is 0.481 e. The normalized spacial score (nSPS) is 22.2. The van der Waals surface area contributed by atoms with Gasteiger partial charge in [0, 0.05) is 10.5 Å². The summed E-state index contributed by atoms with van der Waals surface area (Å²) < 4.78 is 0.775. The van der Waals surface area contributed by atoms with Gasteiger partial charge in [-0.15, -0.1) is 0 Å². The smallest absolute Gasteiger partial charge is 0.306 e. The molecule has 0 bridgehead atoms. The first kappa shape index (κ1) is 14.3. The fourth-order valence-electron chi connectivity index (χ4n) is 2.27. The number of nitrogens with one attached hydrogen (secondary N) is 1. The Kier molecular flexibility index (Phi) is 4.47. The van der Waals surface area contributed by atoms with Crippen LogP contribution >= 0.6 is 27.5 Å². The molecular formula is C13H13BrClNO3. The van der Waals surface area contributed by atoms with Gasteiger partial charge in [-0.05, 0) is 37.5 Å². The van der Waals surface area contributed by atoms with E-state index >= 15 is 0 Å². The molecule has 2 rings (SSSR count). The first-order chi connectivity index (χ1) is 8.97. The summed E-state index contributed by atoms with van der Waals surface area (Å²) in [4.78, 5) is 22.9. The number of carboxylic acids is 1. The van der Waals surface area contributed by atoms with Crippen LogP contribution in [0.1, 0.15) is 29.6 Å².